The summed E-state index contributed by atoms with van der Waals surface area (Å²) >= 11 is 0. The smallest absolute Gasteiger partial charge is 0.278 e. The second kappa shape index (κ2) is 13.1. The number of hydrogen-bond acceptors (Lipinski definition) is 8. The standard InChI is InChI=1S/C34H35N3O8/c1-6-7-8-9-14-35-29-17-25(27-15-21(42-2)10-12-33(27)44-4)31(36(38)39)19-23(29)24-20-32(37(40)41)26(18-30(24)35)28-16-22(43-3)11-13-34(28)45-5/h10-13,15-20H,6-9,14H2,1-5H3. The van der Waals surface area contributed by atoms with Crippen molar-refractivity contribution in [2.24, 2.45) is 0 Å². The molecule has 0 aliphatic rings. The molecule has 0 unspecified atom stereocenters. The van der Waals surface area contributed by atoms with Crippen LogP contribution in [0.5, 0.6) is 23.0 Å². The molecular weight excluding hydrogens is 578 g/mol. The van der Waals surface area contributed by atoms with Gasteiger partial charge in [-0.05, 0) is 55.0 Å². The van der Waals surface area contributed by atoms with Gasteiger partial charge in [-0.1, -0.05) is 26.2 Å². The first-order valence-electron chi connectivity index (χ1n) is 14.6. The lowest BCUT2D eigenvalue weighted by atomic mass is 9.98. The minimum absolute atomic E-state index is 0.153. The molecular formula is C34H35N3O8. The van der Waals surface area contributed by atoms with Gasteiger partial charge in [0.15, 0.2) is 0 Å². The van der Waals surface area contributed by atoms with E-state index in [1.54, 1.807) is 48.5 Å². The molecule has 11 nitrogen and oxygen atoms in total. The summed E-state index contributed by atoms with van der Waals surface area (Å²) < 4.78 is 24.1. The molecule has 45 heavy (non-hydrogen) atoms. The Labute approximate surface area is 260 Å². The van der Waals surface area contributed by atoms with Crippen LogP contribution in [0.25, 0.3) is 44.1 Å². The van der Waals surface area contributed by atoms with Gasteiger partial charge in [-0.3, -0.25) is 20.2 Å². The van der Waals surface area contributed by atoms with E-state index in [-0.39, 0.29) is 11.4 Å². The van der Waals surface area contributed by atoms with Gasteiger partial charge in [-0.15, -0.1) is 0 Å². The Morgan fingerprint density at radius 3 is 1.44 bits per heavy atom. The zero-order chi connectivity index (χ0) is 32.2. The third-order valence-electron chi connectivity index (χ3n) is 8.12. The van der Waals surface area contributed by atoms with Crippen LogP contribution in [0.2, 0.25) is 0 Å². The molecule has 5 aromatic rings. The quantitative estimate of drug-likeness (QED) is 0.0734. The first kappa shape index (κ1) is 31.1. The summed E-state index contributed by atoms with van der Waals surface area (Å²) in [6.45, 7) is 2.75. The van der Waals surface area contributed by atoms with Crippen LogP contribution in [-0.4, -0.2) is 42.9 Å². The molecule has 0 aliphatic carbocycles. The lowest BCUT2D eigenvalue weighted by Gasteiger charge is -2.13. The third kappa shape index (κ3) is 5.81. The molecule has 0 N–H and O–H groups in total. The van der Waals surface area contributed by atoms with Crippen LogP contribution in [0.3, 0.4) is 0 Å². The van der Waals surface area contributed by atoms with Gasteiger partial charge in [0.05, 0.1) is 60.4 Å². The largest absolute Gasteiger partial charge is 0.497 e. The van der Waals surface area contributed by atoms with Crippen molar-refractivity contribution in [2.45, 2.75) is 39.2 Å². The number of hydrogen-bond donors (Lipinski definition) is 0. The first-order valence-corrected chi connectivity index (χ1v) is 14.6. The number of nitro groups is 2. The number of unbranched alkanes of at least 4 members (excludes halogenated alkanes) is 3. The molecule has 0 saturated heterocycles. The van der Waals surface area contributed by atoms with Crippen molar-refractivity contribution in [1.82, 2.24) is 4.57 Å². The minimum Gasteiger partial charge on any atom is -0.497 e. The van der Waals surface area contributed by atoms with Crippen molar-refractivity contribution in [3.8, 4) is 45.3 Å². The van der Waals surface area contributed by atoms with E-state index in [1.165, 1.54) is 40.6 Å². The van der Waals surface area contributed by atoms with Gasteiger partial charge in [0.1, 0.15) is 23.0 Å². The molecule has 4 aromatic carbocycles. The Morgan fingerprint density at radius 2 is 1.07 bits per heavy atom. The Hall–Kier alpha value is -5.32. The molecule has 0 bridgehead atoms. The predicted molar refractivity (Wildman–Crippen MR) is 174 cm³/mol. The highest BCUT2D eigenvalue weighted by Crippen LogP contribution is 2.46. The summed E-state index contributed by atoms with van der Waals surface area (Å²) in [5.74, 6) is 1.94. The molecule has 0 aliphatic heterocycles. The van der Waals surface area contributed by atoms with Gasteiger partial charge in [0.25, 0.3) is 11.4 Å². The van der Waals surface area contributed by atoms with Crippen molar-refractivity contribution in [2.75, 3.05) is 28.4 Å². The van der Waals surface area contributed by atoms with Gasteiger partial charge in [0, 0.05) is 40.6 Å². The average molecular weight is 614 g/mol. The molecule has 5 rings (SSSR count). The summed E-state index contributed by atoms with van der Waals surface area (Å²) in [6.07, 6.45) is 3.97. The van der Waals surface area contributed by atoms with E-state index in [9.17, 15) is 20.2 Å². The van der Waals surface area contributed by atoms with Gasteiger partial charge in [0.2, 0.25) is 0 Å². The van der Waals surface area contributed by atoms with Crippen LogP contribution < -0.4 is 18.9 Å². The number of ether oxygens (including phenoxy) is 4. The molecule has 0 fully saturated rings. The Bertz CT molecular complexity index is 1780. The van der Waals surface area contributed by atoms with Crippen LogP contribution in [0.15, 0.2) is 60.7 Å². The monoisotopic (exact) mass is 613 g/mol. The molecule has 0 atom stereocenters. The third-order valence-corrected chi connectivity index (χ3v) is 8.12. The molecule has 234 valence electrons. The maximum Gasteiger partial charge on any atom is 0.278 e. The van der Waals surface area contributed by atoms with Crippen molar-refractivity contribution >= 4 is 33.2 Å². The number of aromatic nitrogens is 1. The molecule has 11 heteroatoms. The van der Waals surface area contributed by atoms with Crippen LogP contribution in [0.4, 0.5) is 11.4 Å². The predicted octanol–water partition coefficient (Wildman–Crippen LogP) is 8.56. The number of methoxy groups -OCH3 is 4. The van der Waals surface area contributed by atoms with Gasteiger partial charge in [-0.2, -0.15) is 0 Å². The highest BCUT2D eigenvalue weighted by molar-refractivity contribution is 6.13. The average Bonchev–Trinajstić information content (AvgIpc) is 3.36. The van der Waals surface area contributed by atoms with Crippen molar-refractivity contribution < 1.29 is 28.8 Å². The first-order chi connectivity index (χ1) is 21.8. The Morgan fingerprint density at radius 1 is 0.600 bits per heavy atom. The second-order valence-corrected chi connectivity index (χ2v) is 10.6. The van der Waals surface area contributed by atoms with Gasteiger partial charge >= 0.3 is 0 Å². The lowest BCUT2D eigenvalue weighted by molar-refractivity contribution is -0.384. The molecule has 0 radical (unpaired) electrons. The lowest BCUT2D eigenvalue weighted by Crippen LogP contribution is -2.00. The molecule has 1 heterocycles. The van der Waals surface area contributed by atoms with Crippen LogP contribution in [0, 0.1) is 20.2 Å². The van der Waals surface area contributed by atoms with Gasteiger partial charge < -0.3 is 23.5 Å². The Balaban J connectivity index is 1.89. The summed E-state index contributed by atoms with van der Waals surface area (Å²) in [5.41, 5.74) is 2.84. The highest BCUT2D eigenvalue weighted by Gasteiger charge is 2.27. The minimum atomic E-state index is -0.442. The molecule has 1 aromatic heterocycles. The zero-order valence-electron chi connectivity index (χ0n) is 25.9. The molecule has 0 amide bonds. The molecule has 0 spiro atoms. The van der Waals surface area contributed by atoms with E-state index in [4.69, 9.17) is 18.9 Å². The highest BCUT2D eigenvalue weighted by atomic mass is 16.6. The van der Waals surface area contributed by atoms with E-state index < -0.39 is 9.85 Å². The molecule has 0 saturated carbocycles. The summed E-state index contributed by atoms with van der Waals surface area (Å²) in [6, 6.07) is 16.9. The maximum atomic E-state index is 12.5. The number of fused-ring (bicyclic) bond motifs is 3. The SMILES string of the molecule is CCCCCCn1c2cc(-c3cc(OC)ccc3OC)c([N+](=O)[O-])cc2c2cc([N+](=O)[O-])c(-c3cc(OC)ccc3OC)cc21. The van der Waals surface area contributed by atoms with E-state index in [2.05, 4.69) is 11.5 Å². The number of benzene rings is 4. The van der Waals surface area contributed by atoms with Gasteiger partial charge in [-0.25, -0.2) is 0 Å². The van der Waals surface area contributed by atoms with E-state index >= 15 is 0 Å². The summed E-state index contributed by atoms with van der Waals surface area (Å²) in [7, 11) is 6.07. The number of rotatable bonds is 13. The fourth-order valence-corrected chi connectivity index (χ4v) is 5.88. The van der Waals surface area contributed by atoms with Crippen molar-refractivity contribution in [3.05, 3.63) is 80.9 Å². The number of nitrogens with zero attached hydrogens (tertiary/aromatic N) is 3. The van der Waals surface area contributed by atoms with E-state index in [0.29, 0.717) is 62.6 Å². The number of aryl methyl sites for hydroxylation is 1. The van der Waals surface area contributed by atoms with Crippen LogP contribution >= 0.6 is 0 Å². The fraction of sp³-hybridized carbons (Fsp3) is 0.294. The topological polar surface area (TPSA) is 128 Å². The Kier molecular flexibility index (Phi) is 9.08. The zero-order valence-corrected chi connectivity index (χ0v) is 25.9. The van der Waals surface area contributed by atoms with Crippen LogP contribution in [0.1, 0.15) is 32.6 Å². The number of nitro benzene ring substituents is 2. The van der Waals surface area contributed by atoms with E-state index in [0.717, 1.165) is 36.7 Å². The van der Waals surface area contributed by atoms with Crippen molar-refractivity contribution in [3.63, 3.8) is 0 Å². The van der Waals surface area contributed by atoms with E-state index in [1.807, 2.05) is 0 Å². The second-order valence-electron chi connectivity index (χ2n) is 10.6. The fourth-order valence-electron chi connectivity index (χ4n) is 5.88. The normalized spacial score (nSPS) is 11.1. The summed E-state index contributed by atoms with van der Waals surface area (Å²) in [4.78, 5) is 24.2. The van der Waals surface area contributed by atoms with Crippen LogP contribution in [-0.2, 0) is 6.54 Å². The maximum absolute atomic E-state index is 12.5. The summed E-state index contributed by atoms with van der Waals surface area (Å²) in [5, 5.41) is 26.1. The van der Waals surface area contributed by atoms with Crippen molar-refractivity contribution in [1.29, 1.82) is 0 Å².